The lowest BCUT2D eigenvalue weighted by molar-refractivity contribution is -0.132. The van der Waals surface area contributed by atoms with Crippen LogP contribution in [0.15, 0.2) is 54.6 Å². The summed E-state index contributed by atoms with van der Waals surface area (Å²) in [6.07, 6.45) is 3.51. The Labute approximate surface area is 151 Å². The normalized spacial score (nSPS) is 15.2. The minimum Gasteiger partial charge on any atom is -0.354 e. The summed E-state index contributed by atoms with van der Waals surface area (Å²) in [6.45, 7) is 3.70. The molecule has 25 heavy (non-hydrogen) atoms. The smallest absolute Gasteiger partial charge is 0.241 e. The molecule has 0 spiro atoms. The van der Waals surface area contributed by atoms with Gasteiger partial charge in [0, 0.05) is 25.9 Å². The van der Waals surface area contributed by atoms with Crippen molar-refractivity contribution in [1.29, 1.82) is 0 Å². The molecule has 0 fully saturated rings. The number of hydrogen-bond donors (Lipinski definition) is 1. The molecule has 0 unspecified atom stereocenters. The summed E-state index contributed by atoms with van der Waals surface area (Å²) in [5.74, 6) is 0.168. The van der Waals surface area contributed by atoms with Crippen LogP contribution < -0.4 is 5.32 Å². The van der Waals surface area contributed by atoms with Gasteiger partial charge in [-0.05, 0) is 36.6 Å². The largest absolute Gasteiger partial charge is 0.354 e. The highest BCUT2D eigenvalue weighted by Crippen LogP contribution is 2.34. The summed E-state index contributed by atoms with van der Waals surface area (Å²) in [5, 5.41) is 3.15. The number of carbonyl (C=O) groups is 1. The lowest BCUT2D eigenvalue weighted by Crippen LogP contribution is -2.59. The second-order valence-corrected chi connectivity index (χ2v) is 7.07. The first-order chi connectivity index (χ1) is 12.2. The van der Waals surface area contributed by atoms with Gasteiger partial charge in [-0.25, -0.2) is 0 Å². The number of hydrogen-bond acceptors (Lipinski definition) is 2. The zero-order valence-electron chi connectivity index (χ0n) is 15.3. The van der Waals surface area contributed by atoms with E-state index in [2.05, 4.69) is 72.7 Å². The lowest BCUT2D eigenvalue weighted by Gasteiger charge is -2.37. The quantitative estimate of drug-likeness (QED) is 0.842. The van der Waals surface area contributed by atoms with Crippen molar-refractivity contribution in [2.45, 2.75) is 38.1 Å². The number of rotatable bonds is 7. The van der Waals surface area contributed by atoms with Crippen LogP contribution in [0.25, 0.3) is 0 Å². The van der Waals surface area contributed by atoms with Crippen LogP contribution in [-0.4, -0.2) is 36.5 Å². The predicted molar refractivity (Wildman–Crippen MR) is 103 cm³/mol. The van der Waals surface area contributed by atoms with E-state index in [0.29, 0.717) is 0 Å². The van der Waals surface area contributed by atoms with Gasteiger partial charge in [0.25, 0.3) is 0 Å². The van der Waals surface area contributed by atoms with Crippen molar-refractivity contribution in [2.24, 2.45) is 0 Å². The van der Waals surface area contributed by atoms with Crippen LogP contribution in [0.1, 0.15) is 30.0 Å². The first kappa shape index (κ1) is 17.7. The van der Waals surface area contributed by atoms with E-state index in [1.54, 1.807) is 0 Å². The molecule has 3 rings (SSSR count). The summed E-state index contributed by atoms with van der Waals surface area (Å²) < 4.78 is 0. The third-order valence-corrected chi connectivity index (χ3v) is 5.35. The molecule has 0 saturated carbocycles. The van der Waals surface area contributed by atoms with Crippen molar-refractivity contribution in [3.05, 3.63) is 71.3 Å². The zero-order valence-corrected chi connectivity index (χ0v) is 15.3. The van der Waals surface area contributed by atoms with Gasteiger partial charge in [-0.1, -0.05) is 61.5 Å². The summed E-state index contributed by atoms with van der Waals surface area (Å²) in [6, 6.07) is 19.0. The number of fused-ring (bicyclic) bond motifs is 1. The summed E-state index contributed by atoms with van der Waals surface area (Å²) in [4.78, 5) is 15.4. The van der Waals surface area contributed by atoms with Gasteiger partial charge < -0.3 is 5.32 Å². The van der Waals surface area contributed by atoms with Crippen LogP contribution in [0.4, 0.5) is 0 Å². The molecular formula is C22H28N2O. The Bertz CT molecular complexity index is 686. The molecule has 0 heterocycles. The molecule has 1 amide bonds. The van der Waals surface area contributed by atoms with Gasteiger partial charge in [-0.2, -0.15) is 0 Å². The van der Waals surface area contributed by atoms with E-state index in [0.717, 1.165) is 38.8 Å². The molecule has 1 aliphatic carbocycles. The van der Waals surface area contributed by atoms with Crippen molar-refractivity contribution < 1.29 is 4.79 Å². The number of carbonyl (C=O) groups excluding carboxylic acids is 1. The zero-order chi connectivity index (χ0) is 17.7. The maximum atomic E-state index is 13.1. The Morgan fingerprint density at radius 2 is 1.64 bits per heavy atom. The van der Waals surface area contributed by atoms with Crippen molar-refractivity contribution in [3.63, 3.8) is 0 Å². The van der Waals surface area contributed by atoms with Crippen LogP contribution in [-0.2, 0) is 24.1 Å². The molecule has 1 N–H and O–H groups in total. The van der Waals surface area contributed by atoms with E-state index in [4.69, 9.17) is 0 Å². The third kappa shape index (κ3) is 3.77. The van der Waals surface area contributed by atoms with Crippen molar-refractivity contribution in [1.82, 2.24) is 10.2 Å². The highest BCUT2D eigenvalue weighted by Gasteiger charge is 2.46. The van der Waals surface area contributed by atoms with Gasteiger partial charge in [-0.15, -0.1) is 0 Å². The Hall–Kier alpha value is -2.13. The molecule has 0 aromatic heterocycles. The monoisotopic (exact) mass is 336 g/mol. The highest BCUT2D eigenvalue weighted by molar-refractivity contribution is 5.88. The standard InChI is InChI=1S/C22H28N2O/c1-3-14-23-21(25)22(16-19-11-7-8-12-20(19)17-22)24(2)15-13-18-9-5-4-6-10-18/h4-12H,3,13-17H2,1-2H3,(H,23,25). The molecular weight excluding hydrogens is 308 g/mol. The fourth-order valence-corrected chi connectivity index (χ4v) is 3.76. The van der Waals surface area contributed by atoms with Crippen LogP contribution in [0, 0.1) is 0 Å². The van der Waals surface area contributed by atoms with Gasteiger partial charge in [0.15, 0.2) is 0 Å². The van der Waals surface area contributed by atoms with Gasteiger partial charge in [-0.3, -0.25) is 9.69 Å². The van der Waals surface area contributed by atoms with E-state index in [1.807, 2.05) is 6.07 Å². The van der Waals surface area contributed by atoms with Crippen LogP contribution in [0.2, 0.25) is 0 Å². The first-order valence-corrected chi connectivity index (χ1v) is 9.26. The topological polar surface area (TPSA) is 32.3 Å². The maximum absolute atomic E-state index is 13.1. The Morgan fingerprint density at radius 3 is 2.24 bits per heavy atom. The van der Waals surface area contributed by atoms with Gasteiger partial charge >= 0.3 is 0 Å². The second-order valence-electron chi connectivity index (χ2n) is 7.07. The van der Waals surface area contributed by atoms with Crippen LogP contribution in [0.5, 0.6) is 0 Å². The summed E-state index contributed by atoms with van der Waals surface area (Å²) in [7, 11) is 2.10. The van der Waals surface area contributed by atoms with E-state index >= 15 is 0 Å². The molecule has 2 aromatic rings. The minimum absolute atomic E-state index is 0.168. The van der Waals surface area contributed by atoms with E-state index in [-0.39, 0.29) is 5.91 Å². The predicted octanol–water partition coefficient (Wildman–Crippen LogP) is 3.22. The molecule has 3 nitrogen and oxygen atoms in total. The van der Waals surface area contributed by atoms with Crippen LogP contribution >= 0.6 is 0 Å². The third-order valence-electron chi connectivity index (χ3n) is 5.35. The number of likely N-dealkylation sites (N-methyl/N-ethyl adjacent to an activating group) is 1. The molecule has 0 aliphatic heterocycles. The molecule has 0 saturated heterocycles. The van der Waals surface area contributed by atoms with Crippen molar-refractivity contribution in [3.8, 4) is 0 Å². The number of amides is 1. The Kier molecular flexibility index (Phi) is 5.54. The first-order valence-electron chi connectivity index (χ1n) is 9.26. The van der Waals surface area contributed by atoms with E-state index in [1.165, 1.54) is 16.7 Å². The molecule has 132 valence electrons. The van der Waals surface area contributed by atoms with E-state index < -0.39 is 5.54 Å². The average molecular weight is 336 g/mol. The minimum atomic E-state index is -0.465. The summed E-state index contributed by atoms with van der Waals surface area (Å²) in [5.41, 5.74) is 3.46. The number of benzene rings is 2. The second kappa shape index (κ2) is 7.83. The molecule has 0 radical (unpaired) electrons. The molecule has 1 aliphatic rings. The molecule has 2 aromatic carbocycles. The van der Waals surface area contributed by atoms with Crippen molar-refractivity contribution >= 4 is 5.91 Å². The number of nitrogens with zero attached hydrogens (tertiary/aromatic N) is 1. The highest BCUT2D eigenvalue weighted by atomic mass is 16.2. The summed E-state index contributed by atoms with van der Waals surface area (Å²) >= 11 is 0. The van der Waals surface area contributed by atoms with Crippen molar-refractivity contribution in [2.75, 3.05) is 20.1 Å². The fraction of sp³-hybridized carbons (Fsp3) is 0.409. The fourth-order valence-electron chi connectivity index (χ4n) is 3.76. The SMILES string of the molecule is CCCNC(=O)C1(N(C)CCc2ccccc2)Cc2ccccc2C1. The Balaban J connectivity index is 1.78. The number of nitrogens with one attached hydrogen (secondary N) is 1. The molecule has 3 heteroatoms. The lowest BCUT2D eigenvalue weighted by atomic mass is 9.91. The van der Waals surface area contributed by atoms with Gasteiger partial charge in [0.2, 0.25) is 5.91 Å². The molecule has 0 atom stereocenters. The Morgan fingerprint density at radius 1 is 1.04 bits per heavy atom. The maximum Gasteiger partial charge on any atom is 0.241 e. The van der Waals surface area contributed by atoms with E-state index in [9.17, 15) is 4.79 Å². The molecule has 0 bridgehead atoms. The average Bonchev–Trinajstić information content (AvgIpc) is 3.06. The van der Waals surface area contributed by atoms with Gasteiger partial charge in [0.1, 0.15) is 5.54 Å². The van der Waals surface area contributed by atoms with Crippen LogP contribution in [0.3, 0.4) is 0 Å². The van der Waals surface area contributed by atoms with Gasteiger partial charge in [0.05, 0.1) is 0 Å².